The van der Waals surface area contributed by atoms with Crippen LogP contribution in [0, 0.1) is 5.92 Å². The van der Waals surface area contributed by atoms with E-state index in [1.807, 2.05) is 12.1 Å². The molecule has 7 heteroatoms. The number of aliphatic hydroxyl groups excluding tert-OH is 1. The number of amides is 1. The third-order valence-corrected chi connectivity index (χ3v) is 4.89. The smallest absolute Gasteiger partial charge is 0.251 e. The quantitative estimate of drug-likeness (QED) is 0.758. The van der Waals surface area contributed by atoms with Crippen LogP contribution in [0.3, 0.4) is 0 Å². The lowest BCUT2D eigenvalue weighted by molar-refractivity contribution is 0.0753. The molecular formula is C18H22N4O3. The Kier molecular flexibility index (Phi) is 4.50. The number of aliphatic hydroxyl groups is 1. The van der Waals surface area contributed by atoms with Crippen LogP contribution in [0.2, 0.25) is 0 Å². The van der Waals surface area contributed by atoms with Gasteiger partial charge in [0.1, 0.15) is 0 Å². The van der Waals surface area contributed by atoms with Crippen LogP contribution in [-0.4, -0.2) is 46.9 Å². The number of benzene rings is 1. The molecule has 0 spiro atoms. The molecule has 1 aliphatic carbocycles. The van der Waals surface area contributed by atoms with Crippen molar-refractivity contribution < 1.29 is 14.4 Å². The first kappa shape index (κ1) is 16.2. The Labute approximate surface area is 145 Å². The van der Waals surface area contributed by atoms with Crippen LogP contribution in [0.25, 0.3) is 11.4 Å². The highest BCUT2D eigenvalue weighted by atomic mass is 16.5. The summed E-state index contributed by atoms with van der Waals surface area (Å²) in [5, 5.41) is 20.0. The molecule has 25 heavy (non-hydrogen) atoms. The SMILES string of the molecule is O=C(NC[C@@H]1CCNC[C@H]1O)c1ccc(-c2noc(C3CC3)n2)cc1. The molecule has 2 aromatic rings. The molecule has 1 saturated heterocycles. The van der Waals surface area contributed by atoms with Crippen LogP contribution < -0.4 is 10.6 Å². The molecule has 4 rings (SSSR count). The fourth-order valence-corrected chi connectivity index (χ4v) is 3.08. The van der Waals surface area contributed by atoms with E-state index < -0.39 is 6.10 Å². The standard InChI is InChI=1S/C18H22N4O3/c23-15-10-19-8-7-14(15)9-20-17(24)12-3-1-11(2-4-12)16-21-18(25-22-16)13-5-6-13/h1-4,13-15,19,23H,5-10H2,(H,20,24)/t14-,15+/m0/s1. The molecule has 1 amide bonds. The van der Waals surface area contributed by atoms with Gasteiger partial charge in [0, 0.05) is 36.1 Å². The maximum atomic E-state index is 12.3. The van der Waals surface area contributed by atoms with Gasteiger partial charge >= 0.3 is 0 Å². The monoisotopic (exact) mass is 342 g/mol. The van der Waals surface area contributed by atoms with E-state index in [9.17, 15) is 9.90 Å². The lowest BCUT2D eigenvalue weighted by Crippen LogP contribution is -2.45. The predicted molar refractivity (Wildman–Crippen MR) is 91.0 cm³/mol. The Hall–Kier alpha value is -2.25. The number of aromatic nitrogens is 2. The van der Waals surface area contributed by atoms with Crippen molar-refractivity contribution in [3.05, 3.63) is 35.7 Å². The summed E-state index contributed by atoms with van der Waals surface area (Å²) >= 11 is 0. The van der Waals surface area contributed by atoms with Crippen LogP contribution >= 0.6 is 0 Å². The summed E-state index contributed by atoms with van der Waals surface area (Å²) in [5.41, 5.74) is 1.42. The van der Waals surface area contributed by atoms with Crippen molar-refractivity contribution in [3.8, 4) is 11.4 Å². The molecule has 7 nitrogen and oxygen atoms in total. The largest absolute Gasteiger partial charge is 0.391 e. The maximum absolute atomic E-state index is 12.3. The number of β-amino-alcohol motifs (C(OH)–C–C–N with tert-alkyl or cyclic N) is 1. The number of carbonyl (C=O) groups excluding carboxylic acids is 1. The van der Waals surface area contributed by atoms with E-state index in [0.717, 1.165) is 31.4 Å². The van der Waals surface area contributed by atoms with E-state index in [1.165, 1.54) is 0 Å². The number of carbonyl (C=O) groups is 1. The average Bonchev–Trinajstić information content (AvgIpc) is 3.38. The Morgan fingerprint density at radius 1 is 1.28 bits per heavy atom. The normalized spacial score (nSPS) is 23.4. The number of hydrogen-bond acceptors (Lipinski definition) is 6. The van der Waals surface area contributed by atoms with Crippen molar-refractivity contribution in [1.82, 2.24) is 20.8 Å². The molecule has 1 aromatic carbocycles. The van der Waals surface area contributed by atoms with Crippen LogP contribution in [0.4, 0.5) is 0 Å². The van der Waals surface area contributed by atoms with Crippen LogP contribution in [0.15, 0.2) is 28.8 Å². The van der Waals surface area contributed by atoms with Gasteiger partial charge in [-0.2, -0.15) is 4.98 Å². The molecule has 1 aliphatic heterocycles. The highest BCUT2D eigenvalue weighted by molar-refractivity contribution is 5.94. The lowest BCUT2D eigenvalue weighted by atomic mass is 9.95. The Bertz CT molecular complexity index is 739. The van der Waals surface area contributed by atoms with E-state index >= 15 is 0 Å². The summed E-state index contributed by atoms with van der Waals surface area (Å²) in [5.74, 6) is 1.66. The summed E-state index contributed by atoms with van der Waals surface area (Å²) in [6.45, 7) is 1.95. The number of piperidine rings is 1. The molecule has 0 radical (unpaired) electrons. The van der Waals surface area contributed by atoms with Crippen molar-refractivity contribution in [3.63, 3.8) is 0 Å². The van der Waals surface area contributed by atoms with Gasteiger partial charge in [0.15, 0.2) is 0 Å². The molecule has 2 atom stereocenters. The minimum Gasteiger partial charge on any atom is -0.391 e. The highest BCUT2D eigenvalue weighted by Crippen LogP contribution is 2.39. The minimum absolute atomic E-state index is 0.102. The topological polar surface area (TPSA) is 100 Å². The van der Waals surface area contributed by atoms with Crippen LogP contribution in [0.1, 0.15) is 41.4 Å². The summed E-state index contributed by atoms with van der Waals surface area (Å²) in [6, 6.07) is 7.18. The molecule has 132 valence electrons. The minimum atomic E-state index is -0.407. The molecule has 1 aromatic heterocycles. The van der Waals surface area contributed by atoms with Gasteiger partial charge in [0.05, 0.1) is 6.10 Å². The lowest BCUT2D eigenvalue weighted by Gasteiger charge is -2.28. The number of nitrogens with zero attached hydrogens (tertiary/aromatic N) is 2. The second-order valence-corrected chi connectivity index (χ2v) is 6.84. The first-order valence-electron chi connectivity index (χ1n) is 8.82. The van der Waals surface area contributed by atoms with Crippen molar-refractivity contribution in [2.45, 2.75) is 31.3 Å². The number of hydrogen-bond donors (Lipinski definition) is 3. The summed E-state index contributed by atoms with van der Waals surface area (Å²) in [7, 11) is 0. The molecule has 2 heterocycles. The van der Waals surface area contributed by atoms with Gasteiger partial charge in [-0.25, -0.2) is 0 Å². The number of nitrogens with one attached hydrogen (secondary N) is 2. The average molecular weight is 342 g/mol. The maximum Gasteiger partial charge on any atom is 0.251 e. The van der Waals surface area contributed by atoms with Gasteiger partial charge in [0.2, 0.25) is 11.7 Å². The van der Waals surface area contributed by atoms with Crippen molar-refractivity contribution in [2.24, 2.45) is 5.92 Å². The van der Waals surface area contributed by atoms with E-state index in [4.69, 9.17) is 4.52 Å². The third-order valence-electron chi connectivity index (χ3n) is 4.89. The second-order valence-electron chi connectivity index (χ2n) is 6.84. The Morgan fingerprint density at radius 3 is 2.80 bits per heavy atom. The summed E-state index contributed by atoms with van der Waals surface area (Å²) < 4.78 is 5.27. The van der Waals surface area contributed by atoms with Crippen molar-refractivity contribution >= 4 is 5.91 Å². The molecule has 0 bridgehead atoms. The van der Waals surface area contributed by atoms with Gasteiger partial charge in [0.25, 0.3) is 5.91 Å². The molecule has 3 N–H and O–H groups in total. The molecule has 2 aliphatic rings. The summed E-state index contributed by atoms with van der Waals surface area (Å²) in [4.78, 5) is 16.7. The van der Waals surface area contributed by atoms with E-state index in [-0.39, 0.29) is 11.8 Å². The fourth-order valence-electron chi connectivity index (χ4n) is 3.08. The van der Waals surface area contributed by atoms with Gasteiger partial charge in [-0.15, -0.1) is 0 Å². The zero-order chi connectivity index (χ0) is 17.2. The van der Waals surface area contributed by atoms with E-state index in [1.54, 1.807) is 12.1 Å². The van der Waals surface area contributed by atoms with Crippen LogP contribution in [-0.2, 0) is 0 Å². The Morgan fingerprint density at radius 2 is 2.08 bits per heavy atom. The van der Waals surface area contributed by atoms with Gasteiger partial charge in [-0.3, -0.25) is 4.79 Å². The molecule has 0 unspecified atom stereocenters. The predicted octanol–water partition coefficient (Wildman–Crippen LogP) is 1.31. The van der Waals surface area contributed by atoms with Gasteiger partial charge < -0.3 is 20.3 Å². The first-order chi connectivity index (χ1) is 12.2. The van der Waals surface area contributed by atoms with Gasteiger partial charge in [-0.1, -0.05) is 17.3 Å². The first-order valence-corrected chi connectivity index (χ1v) is 8.82. The van der Waals surface area contributed by atoms with Crippen LogP contribution in [0.5, 0.6) is 0 Å². The van der Waals surface area contributed by atoms with Gasteiger partial charge in [-0.05, 0) is 37.9 Å². The van der Waals surface area contributed by atoms with E-state index in [2.05, 4.69) is 20.8 Å². The molecule has 1 saturated carbocycles. The Balaban J connectivity index is 1.36. The fraction of sp³-hybridized carbons (Fsp3) is 0.500. The zero-order valence-electron chi connectivity index (χ0n) is 13.9. The summed E-state index contributed by atoms with van der Waals surface area (Å²) in [6.07, 6.45) is 2.69. The second kappa shape index (κ2) is 6.93. The molecular weight excluding hydrogens is 320 g/mol. The zero-order valence-corrected chi connectivity index (χ0v) is 13.9. The number of rotatable bonds is 5. The molecule has 2 fully saturated rings. The van der Waals surface area contributed by atoms with E-state index in [0.29, 0.717) is 36.3 Å². The van der Waals surface area contributed by atoms with Crippen molar-refractivity contribution in [2.75, 3.05) is 19.6 Å². The van der Waals surface area contributed by atoms with Crippen molar-refractivity contribution in [1.29, 1.82) is 0 Å². The highest BCUT2D eigenvalue weighted by Gasteiger charge is 2.29. The third kappa shape index (κ3) is 3.72.